The zero-order valence-electron chi connectivity index (χ0n) is 10.5. The maximum atomic E-state index is 12.0. The molecule has 2 rings (SSSR count). The van der Waals surface area contributed by atoms with E-state index in [0.717, 1.165) is 5.69 Å². The van der Waals surface area contributed by atoms with Crippen molar-refractivity contribution < 1.29 is 4.79 Å². The molecule has 94 valence electrons. The number of hydrogen-bond acceptors (Lipinski definition) is 3. The van der Waals surface area contributed by atoms with Gasteiger partial charge in [-0.25, -0.2) is 9.67 Å². The van der Waals surface area contributed by atoms with Crippen LogP contribution in [0.4, 0.5) is 0 Å². The van der Waals surface area contributed by atoms with E-state index >= 15 is 0 Å². The summed E-state index contributed by atoms with van der Waals surface area (Å²) in [6.07, 6.45) is 3.20. The van der Waals surface area contributed by atoms with Gasteiger partial charge in [0.2, 0.25) is 0 Å². The summed E-state index contributed by atoms with van der Waals surface area (Å²) in [5.41, 5.74) is 1.41. The maximum Gasteiger partial charge on any atom is 0.168 e. The van der Waals surface area contributed by atoms with Gasteiger partial charge in [-0.1, -0.05) is 25.4 Å². The molecule has 0 N–H and O–H groups in total. The van der Waals surface area contributed by atoms with E-state index in [1.807, 2.05) is 20.8 Å². The summed E-state index contributed by atoms with van der Waals surface area (Å²) in [6, 6.07) is 3.41. The van der Waals surface area contributed by atoms with E-state index in [0.29, 0.717) is 16.4 Å². The fourth-order valence-electron chi connectivity index (χ4n) is 1.70. The smallest absolute Gasteiger partial charge is 0.168 e. The number of hydrogen-bond donors (Lipinski definition) is 0. The molecule has 2 aromatic rings. The van der Waals surface area contributed by atoms with Gasteiger partial charge < -0.3 is 0 Å². The van der Waals surface area contributed by atoms with Crippen molar-refractivity contribution >= 4 is 17.4 Å². The minimum absolute atomic E-state index is 0.0475. The topological polar surface area (TPSA) is 47.8 Å². The third-order valence-corrected chi connectivity index (χ3v) is 2.96. The number of halogens is 1. The Kier molecular flexibility index (Phi) is 3.48. The van der Waals surface area contributed by atoms with E-state index in [4.69, 9.17) is 11.6 Å². The minimum atomic E-state index is -0.0475. The highest BCUT2D eigenvalue weighted by atomic mass is 35.5. The third-order valence-electron chi connectivity index (χ3n) is 2.72. The minimum Gasteiger partial charge on any atom is -0.294 e. The van der Waals surface area contributed by atoms with E-state index in [-0.39, 0.29) is 11.7 Å². The van der Waals surface area contributed by atoms with E-state index in [9.17, 15) is 4.79 Å². The molecule has 2 aromatic heterocycles. The Morgan fingerprint density at radius 1 is 1.44 bits per heavy atom. The molecule has 0 radical (unpaired) electrons. The molecule has 0 fully saturated rings. The molecule has 0 atom stereocenters. The van der Waals surface area contributed by atoms with Crippen molar-refractivity contribution in [2.45, 2.75) is 20.8 Å². The first-order valence-corrected chi connectivity index (χ1v) is 6.09. The molecule has 0 bridgehead atoms. The van der Waals surface area contributed by atoms with Gasteiger partial charge in [-0.3, -0.25) is 4.79 Å². The number of carbonyl (C=O) groups is 1. The molecular weight excluding hydrogens is 250 g/mol. The molecule has 0 saturated carbocycles. The average Bonchev–Trinajstić information content (AvgIpc) is 2.70. The van der Waals surface area contributed by atoms with Crippen molar-refractivity contribution in [2.24, 2.45) is 5.92 Å². The molecule has 0 saturated heterocycles. The number of carbonyl (C=O) groups excluding carboxylic acids is 1. The Morgan fingerprint density at radius 3 is 2.78 bits per heavy atom. The van der Waals surface area contributed by atoms with Crippen molar-refractivity contribution in [2.75, 3.05) is 0 Å². The molecule has 0 aromatic carbocycles. The first-order valence-electron chi connectivity index (χ1n) is 5.71. The van der Waals surface area contributed by atoms with Crippen molar-refractivity contribution in [3.8, 4) is 5.82 Å². The Hall–Kier alpha value is -1.68. The highest BCUT2D eigenvalue weighted by Gasteiger charge is 2.18. The Bertz CT molecular complexity index is 590. The first-order chi connectivity index (χ1) is 8.50. The second-order valence-electron chi connectivity index (χ2n) is 4.41. The summed E-state index contributed by atoms with van der Waals surface area (Å²) >= 11 is 5.92. The molecule has 0 unspecified atom stereocenters. The van der Waals surface area contributed by atoms with Crippen LogP contribution in [0.5, 0.6) is 0 Å². The quantitative estimate of drug-likeness (QED) is 0.800. The summed E-state index contributed by atoms with van der Waals surface area (Å²) in [5, 5.41) is 4.79. The lowest BCUT2D eigenvalue weighted by Gasteiger charge is -2.05. The molecule has 0 aliphatic rings. The molecule has 0 spiro atoms. The fraction of sp³-hybridized carbons (Fsp3) is 0.308. The summed E-state index contributed by atoms with van der Waals surface area (Å²) in [7, 11) is 0. The van der Waals surface area contributed by atoms with Crippen LogP contribution in [0.25, 0.3) is 5.82 Å². The zero-order valence-corrected chi connectivity index (χ0v) is 11.3. The van der Waals surface area contributed by atoms with Crippen LogP contribution >= 0.6 is 11.6 Å². The van der Waals surface area contributed by atoms with Crippen molar-refractivity contribution in [3.05, 3.63) is 40.8 Å². The first kappa shape index (κ1) is 12.8. The second kappa shape index (κ2) is 4.90. The monoisotopic (exact) mass is 263 g/mol. The summed E-state index contributed by atoms with van der Waals surface area (Å²) in [5.74, 6) is 0.650. The SMILES string of the molecule is Cc1c(C(=O)C(C)C)cnn1-c1cc(Cl)ccn1. The lowest BCUT2D eigenvalue weighted by molar-refractivity contribution is 0.0939. The molecule has 0 aliphatic carbocycles. The third kappa shape index (κ3) is 2.29. The second-order valence-corrected chi connectivity index (χ2v) is 4.84. The van der Waals surface area contributed by atoms with Crippen LogP contribution in [0.15, 0.2) is 24.5 Å². The number of ketones is 1. The normalized spacial score (nSPS) is 10.9. The van der Waals surface area contributed by atoms with Crippen molar-refractivity contribution in [1.29, 1.82) is 0 Å². The Labute approximate surface area is 111 Å². The van der Waals surface area contributed by atoms with Gasteiger partial charge in [0.25, 0.3) is 0 Å². The number of rotatable bonds is 3. The van der Waals surface area contributed by atoms with Crippen LogP contribution in [0.3, 0.4) is 0 Å². The largest absolute Gasteiger partial charge is 0.294 e. The van der Waals surface area contributed by atoms with Gasteiger partial charge in [0.15, 0.2) is 11.6 Å². The van der Waals surface area contributed by atoms with Gasteiger partial charge >= 0.3 is 0 Å². The lowest BCUT2D eigenvalue weighted by Crippen LogP contribution is -2.09. The zero-order chi connectivity index (χ0) is 13.3. The molecule has 18 heavy (non-hydrogen) atoms. The highest BCUT2D eigenvalue weighted by molar-refractivity contribution is 6.30. The number of Topliss-reactive ketones (excluding diaryl/α,β-unsaturated/α-hetero) is 1. The van der Waals surface area contributed by atoms with Crippen LogP contribution in [0.2, 0.25) is 5.02 Å². The number of pyridine rings is 1. The van der Waals surface area contributed by atoms with Crippen LogP contribution in [0.1, 0.15) is 29.9 Å². The maximum absolute atomic E-state index is 12.0. The Balaban J connectivity index is 2.46. The van der Waals surface area contributed by atoms with Gasteiger partial charge in [-0.2, -0.15) is 5.10 Å². The summed E-state index contributed by atoms with van der Waals surface area (Å²) in [6.45, 7) is 5.60. The van der Waals surface area contributed by atoms with Crippen LogP contribution in [-0.4, -0.2) is 20.5 Å². The van der Waals surface area contributed by atoms with Crippen molar-refractivity contribution in [1.82, 2.24) is 14.8 Å². The van der Waals surface area contributed by atoms with Gasteiger partial charge in [-0.05, 0) is 13.0 Å². The van der Waals surface area contributed by atoms with Crippen LogP contribution in [0, 0.1) is 12.8 Å². The predicted molar refractivity (Wildman–Crippen MR) is 70.3 cm³/mol. The van der Waals surface area contributed by atoms with Gasteiger partial charge in [0, 0.05) is 23.2 Å². The lowest BCUT2D eigenvalue weighted by atomic mass is 10.0. The average molecular weight is 264 g/mol. The van der Waals surface area contributed by atoms with E-state index in [1.54, 1.807) is 29.2 Å². The molecular formula is C13H14ClN3O. The van der Waals surface area contributed by atoms with Crippen molar-refractivity contribution in [3.63, 3.8) is 0 Å². The van der Waals surface area contributed by atoms with Gasteiger partial charge in [0.05, 0.1) is 17.5 Å². The highest BCUT2D eigenvalue weighted by Crippen LogP contribution is 2.18. The molecule has 4 nitrogen and oxygen atoms in total. The standard InChI is InChI=1S/C13H14ClN3O/c1-8(2)13(18)11-7-16-17(9(11)3)12-6-10(14)4-5-15-12/h4-8H,1-3H3. The van der Waals surface area contributed by atoms with Gasteiger partial charge in [-0.15, -0.1) is 0 Å². The fourth-order valence-corrected chi connectivity index (χ4v) is 1.86. The Morgan fingerprint density at radius 2 is 2.17 bits per heavy atom. The predicted octanol–water partition coefficient (Wildman–Crippen LogP) is 3.07. The van der Waals surface area contributed by atoms with Crippen LogP contribution < -0.4 is 0 Å². The number of aromatic nitrogens is 3. The molecule has 5 heteroatoms. The summed E-state index contributed by atoms with van der Waals surface area (Å²) < 4.78 is 1.63. The van der Waals surface area contributed by atoms with E-state index in [1.165, 1.54) is 0 Å². The molecule has 0 aliphatic heterocycles. The number of nitrogens with zero attached hydrogens (tertiary/aromatic N) is 3. The van der Waals surface area contributed by atoms with E-state index < -0.39 is 0 Å². The van der Waals surface area contributed by atoms with Gasteiger partial charge in [0.1, 0.15) is 0 Å². The summed E-state index contributed by atoms with van der Waals surface area (Å²) in [4.78, 5) is 16.2. The molecule has 0 amide bonds. The molecule has 2 heterocycles. The van der Waals surface area contributed by atoms with E-state index in [2.05, 4.69) is 10.1 Å². The van der Waals surface area contributed by atoms with Crippen LogP contribution in [-0.2, 0) is 0 Å².